The first kappa shape index (κ1) is 16.2. The molecule has 0 saturated carbocycles. The van der Waals surface area contributed by atoms with Crippen molar-refractivity contribution in [3.8, 4) is 0 Å². The van der Waals surface area contributed by atoms with Gasteiger partial charge < -0.3 is 14.6 Å². The molecule has 0 bridgehead atoms. The Morgan fingerprint density at radius 3 is 2.72 bits per heavy atom. The maximum absolute atomic E-state index is 9.57. The van der Waals surface area contributed by atoms with Crippen LogP contribution in [-0.4, -0.2) is 34.4 Å². The lowest BCUT2D eigenvalue weighted by Crippen LogP contribution is -2.38. The number of aliphatic hydroxyl groups excluding tert-OH is 1. The summed E-state index contributed by atoms with van der Waals surface area (Å²) in [4.78, 5) is 7.27. The van der Waals surface area contributed by atoms with Gasteiger partial charge in [-0.1, -0.05) is 42.0 Å². The van der Waals surface area contributed by atoms with Crippen LogP contribution in [0.1, 0.15) is 24.0 Å². The molecule has 4 rings (SSSR count). The summed E-state index contributed by atoms with van der Waals surface area (Å²) >= 11 is 0. The highest BCUT2D eigenvalue weighted by atomic mass is 16.3. The third-order valence-corrected chi connectivity index (χ3v) is 5.16. The molecule has 4 nitrogen and oxygen atoms in total. The fourth-order valence-corrected chi connectivity index (χ4v) is 3.73. The third kappa shape index (κ3) is 3.27. The van der Waals surface area contributed by atoms with Gasteiger partial charge in [0.15, 0.2) is 0 Å². The highest BCUT2D eigenvalue weighted by Gasteiger charge is 2.24. The van der Waals surface area contributed by atoms with E-state index in [1.807, 2.05) is 6.07 Å². The van der Waals surface area contributed by atoms with E-state index in [0.29, 0.717) is 5.92 Å². The number of anilines is 1. The first-order chi connectivity index (χ1) is 12.2. The fourth-order valence-electron chi connectivity index (χ4n) is 3.73. The topological polar surface area (TPSA) is 41.3 Å². The van der Waals surface area contributed by atoms with Gasteiger partial charge in [-0.05, 0) is 43.4 Å². The zero-order valence-electron chi connectivity index (χ0n) is 14.7. The lowest BCUT2D eigenvalue weighted by Gasteiger charge is -2.33. The molecular formula is C21H25N3O. The van der Waals surface area contributed by atoms with Crippen LogP contribution in [0.3, 0.4) is 0 Å². The number of fused-ring (bicyclic) bond motifs is 1. The Kier molecular flexibility index (Phi) is 4.45. The van der Waals surface area contributed by atoms with E-state index in [9.17, 15) is 5.11 Å². The number of nitrogens with zero attached hydrogens (tertiary/aromatic N) is 3. The Balaban J connectivity index is 1.74. The number of rotatable bonds is 4. The predicted octanol–water partition coefficient (Wildman–Crippen LogP) is 3.60. The molecule has 1 saturated heterocycles. The summed E-state index contributed by atoms with van der Waals surface area (Å²) in [6, 6.07) is 17.1. The van der Waals surface area contributed by atoms with E-state index >= 15 is 0 Å². The molecule has 1 aliphatic rings. The van der Waals surface area contributed by atoms with Gasteiger partial charge >= 0.3 is 0 Å². The largest absolute Gasteiger partial charge is 0.396 e. The van der Waals surface area contributed by atoms with Gasteiger partial charge in [0.2, 0.25) is 5.95 Å². The summed E-state index contributed by atoms with van der Waals surface area (Å²) in [5.74, 6) is 1.38. The second kappa shape index (κ2) is 6.89. The highest BCUT2D eigenvalue weighted by Crippen LogP contribution is 2.27. The van der Waals surface area contributed by atoms with Crippen molar-refractivity contribution < 1.29 is 5.11 Å². The first-order valence-corrected chi connectivity index (χ1v) is 9.11. The quantitative estimate of drug-likeness (QED) is 0.792. The normalized spacial score (nSPS) is 18.0. The molecule has 130 valence electrons. The van der Waals surface area contributed by atoms with Crippen molar-refractivity contribution in [3.05, 3.63) is 59.7 Å². The van der Waals surface area contributed by atoms with Gasteiger partial charge in [0.1, 0.15) is 0 Å². The van der Waals surface area contributed by atoms with Gasteiger partial charge in [-0.2, -0.15) is 0 Å². The standard InChI is InChI=1S/C21H25N3O/c1-16-8-10-17(11-9-16)14-24-20-7-3-2-6-19(20)22-21(24)23-12-4-5-18(13-23)15-25/h2-3,6-11,18,25H,4-5,12-15H2,1H3/t18-/m0/s1. The Bertz CT molecular complexity index is 853. The maximum Gasteiger partial charge on any atom is 0.206 e. The van der Waals surface area contributed by atoms with Crippen LogP contribution in [0.25, 0.3) is 11.0 Å². The van der Waals surface area contributed by atoms with E-state index in [2.05, 4.69) is 58.9 Å². The van der Waals surface area contributed by atoms with Gasteiger partial charge in [0, 0.05) is 19.7 Å². The molecule has 3 aromatic rings. The molecule has 2 heterocycles. The van der Waals surface area contributed by atoms with Gasteiger partial charge in [0.25, 0.3) is 0 Å². The second-order valence-electron chi connectivity index (χ2n) is 7.11. The molecule has 0 spiro atoms. The minimum absolute atomic E-state index is 0.259. The first-order valence-electron chi connectivity index (χ1n) is 9.11. The molecule has 2 aromatic carbocycles. The van der Waals surface area contributed by atoms with E-state index in [-0.39, 0.29) is 6.61 Å². The molecule has 1 atom stereocenters. The number of hydrogen-bond donors (Lipinski definition) is 1. The monoisotopic (exact) mass is 335 g/mol. The lowest BCUT2D eigenvalue weighted by atomic mass is 9.99. The third-order valence-electron chi connectivity index (χ3n) is 5.16. The molecule has 1 fully saturated rings. The molecular weight excluding hydrogens is 310 g/mol. The van der Waals surface area contributed by atoms with Crippen LogP contribution in [0.5, 0.6) is 0 Å². The fraction of sp³-hybridized carbons (Fsp3) is 0.381. The number of imidazole rings is 1. The van der Waals surface area contributed by atoms with Crippen LogP contribution in [0.4, 0.5) is 5.95 Å². The van der Waals surface area contributed by atoms with Crippen molar-refractivity contribution in [2.45, 2.75) is 26.3 Å². The number of aromatic nitrogens is 2. The van der Waals surface area contributed by atoms with Crippen molar-refractivity contribution in [1.82, 2.24) is 9.55 Å². The maximum atomic E-state index is 9.57. The van der Waals surface area contributed by atoms with E-state index in [0.717, 1.165) is 43.9 Å². The van der Waals surface area contributed by atoms with E-state index < -0.39 is 0 Å². The molecule has 0 amide bonds. The predicted molar refractivity (Wildman–Crippen MR) is 102 cm³/mol. The average molecular weight is 335 g/mol. The van der Waals surface area contributed by atoms with Crippen molar-refractivity contribution in [3.63, 3.8) is 0 Å². The number of piperidine rings is 1. The molecule has 0 radical (unpaired) electrons. The molecule has 25 heavy (non-hydrogen) atoms. The average Bonchev–Trinajstić information content (AvgIpc) is 3.02. The Morgan fingerprint density at radius 1 is 1.12 bits per heavy atom. The number of aryl methyl sites for hydroxylation is 1. The zero-order chi connectivity index (χ0) is 17.2. The summed E-state index contributed by atoms with van der Waals surface area (Å²) in [6.45, 7) is 5.08. The van der Waals surface area contributed by atoms with Crippen LogP contribution >= 0.6 is 0 Å². The van der Waals surface area contributed by atoms with Gasteiger partial charge in [-0.15, -0.1) is 0 Å². The van der Waals surface area contributed by atoms with E-state index in [1.165, 1.54) is 16.6 Å². The van der Waals surface area contributed by atoms with Crippen LogP contribution in [0.15, 0.2) is 48.5 Å². The summed E-state index contributed by atoms with van der Waals surface area (Å²) < 4.78 is 2.32. The number of benzene rings is 2. The molecule has 0 aliphatic carbocycles. The van der Waals surface area contributed by atoms with Crippen LogP contribution < -0.4 is 4.90 Å². The summed E-state index contributed by atoms with van der Waals surface area (Å²) in [5, 5.41) is 9.57. The van der Waals surface area contributed by atoms with Gasteiger partial charge in [-0.3, -0.25) is 0 Å². The van der Waals surface area contributed by atoms with Crippen molar-refractivity contribution in [1.29, 1.82) is 0 Å². The summed E-state index contributed by atoms with van der Waals surface area (Å²) in [5.41, 5.74) is 4.77. The number of aliphatic hydroxyl groups is 1. The van der Waals surface area contributed by atoms with Crippen molar-refractivity contribution >= 4 is 17.0 Å². The Morgan fingerprint density at radius 2 is 1.92 bits per heavy atom. The minimum Gasteiger partial charge on any atom is -0.396 e. The Hall–Kier alpha value is -2.33. The second-order valence-corrected chi connectivity index (χ2v) is 7.11. The molecule has 4 heteroatoms. The van der Waals surface area contributed by atoms with Crippen LogP contribution in [-0.2, 0) is 6.54 Å². The molecule has 0 unspecified atom stereocenters. The molecule has 1 N–H and O–H groups in total. The highest BCUT2D eigenvalue weighted by molar-refractivity contribution is 5.79. The number of hydrogen-bond acceptors (Lipinski definition) is 3. The van der Waals surface area contributed by atoms with Gasteiger partial charge in [-0.25, -0.2) is 4.98 Å². The van der Waals surface area contributed by atoms with Crippen molar-refractivity contribution in [2.75, 3.05) is 24.6 Å². The SMILES string of the molecule is Cc1ccc(Cn2c(N3CCC[C@H](CO)C3)nc3ccccc32)cc1. The van der Waals surface area contributed by atoms with Crippen molar-refractivity contribution in [2.24, 2.45) is 5.92 Å². The van der Waals surface area contributed by atoms with Gasteiger partial charge in [0.05, 0.1) is 17.6 Å². The summed E-state index contributed by atoms with van der Waals surface area (Å²) in [6.07, 6.45) is 2.21. The lowest BCUT2D eigenvalue weighted by molar-refractivity contribution is 0.208. The van der Waals surface area contributed by atoms with Crippen LogP contribution in [0, 0.1) is 12.8 Å². The summed E-state index contributed by atoms with van der Waals surface area (Å²) in [7, 11) is 0. The molecule has 1 aliphatic heterocycles. The smallest absolute Gasteiger partial charge is 0.206 e. The van der Waals surface area contributed by atoms with E-state index in [1.54, 1.807) is 0 Å². The zero-order valence-corrected chi connectivity index (χ0v) is 14.7. The van der Waals surface area contributed by atoms with Crippen LogP contribution in [0.2, 0.25) is 0 Å². The Labute approximate surface area is 148 Å². The molecule has 1 aromatic heterocycles. The number of para-hydroxylation sites is 2. The minimum atomic E-state index is 0.259. The van der Waals surface area contributed by atoms with E-state index in [4.69, 9.17) is 4.98 Å².